The molecule has 0 fully saturated rings. The van der Waals surface area contributed by atoms with Gasteiger partial charge in [0.25, 0.3) is 5.91 Å². The molecule has 1 aliphatic rings. The van der Waals surface area contributed by atoms with E-state index in [4.69, 9.17) is 11.5 Å². The molecule has 29 heavy (non-hydrogen) atoms. The summed E-state index contributed by atoms with van der Waals surface area (Å²) in [4.78, 5) is 25.2. The molecule has 0 spiro atoms. The highest BCUT2D eigenvalue weighted by Gasteiger charge is 2.33. The first-order valence-corrected chi connectivity index (χ1v) is 9.06. The van der Waals surface area contributed by atoms with Crippen molar-refractivity contribution in [1.29, 1.82) is 0 Å². The van der Waals surface area contributed by atoms with Crippen molar-refractivity contribution in [3.05, 3.63) is 41.2 Å². The highest BCUT2D eigenvalue weighted by molar-refractivity contribution is 6.02. The summed E-state index contributed by atoms with van der Waals surface area (Å²) in [6.45, 7) is 2.67. The number of benzene rings is 1. The molecule has 0 unspecified atom stereocenters. The van der Waals surface area contributed by atoms with Crippen molar-refractivity contribution in [3.63, 3.8) is 0 Å². The number of hydrogen-bond acceptors (Lipinski definition) is 3. The Labute approximate surface area is 165 Å². The third kappa shape index (κ3) is 4.15. The van der Waals surface area contributed by atoms with E-state index in [1.165, 1.54) is 17.0 Å². The van der Waals surface area contributed by atoms with Gasteiger partial charge in [-0.05, 0) is 18.1 Å². The van der Waals surface area contributed by atoms with E-state index < -0.39 is 18.3 Å². The van der Waals surface area contributed by atoms with Crippen LogP contribution in [-0.4, -0.2) is 34.3 Å². The summed E-state index contributed by atoms with van der Waals surface area (Å²) in [5.41, 5.74) is 12.8. The van der Waals surface area contributed by atoms with E-state index in [-0.39, 0.29) is 17.9 Å². The van der Waals surface area contributed by atoms with Gasteiger partial charge in [-0.3, -0.25) is 4.79 Å². The lowest BCUT2D eigenvalue weighted by Crippen LogP contribution is -2.41. The highest BCUT2D eigenvalue weighted by Crippen LogP contribution is 2.38. The van der Waals surface area contributed by atoms with Crippen LogP contribution in [0.2, 0.25) is 0 Å². The van der Waals surface area contributed by atoms with Gasteiger partial charge in [0.2, 0.25) is 0 Å². The molecular weight excluding hydrogens is 389 g/mol. The number of amides is 3. The van der Waals surface area contributed by atoms with Crippen LogP contribution in [0, 0.1) is 0 Å². The Bertz CT molecular complexity index is 953. The van der Waals surface area contributed by atoms with Crippen LogP contribution in [0.15, 0.2) is 24.4 Å². The van der Waals surface area contributed by atoms with Gasteiger partial charge in [0.15, 0.2) is 0 Å². The Hall–Kier alpha value is -3.17. The summed E-state index contributed by atoms with van der Waals surface area (Å²) in [5.74, 6) is -1.04. The average Bonchev–Trinajstić information content (AvgIpc) is 3.00. The summed E-state index contributed by atoms with van der Waals surface area (Å²) in [7, 11) is 0. The van der Waals surface area contributed by atoms with Crippen LogP contribution >= 0.6 is 0 Å². The summed E-state index contributed by atoms with van der Waals surface area (Å²) >= 11 is 0. The molecule has 156 valence electrons. The number of aromatic nitrogens is 1. The van der Waals surface area contributed by atoms with Crippen molar-refractivity contribution in [3.8, 4) is 16.9 Å². The Morgan fingerprint density at radius 2 is 1.90 bits per heavy atom. The predicted molar refractivity (Wildman–Crippen MR) is 99.1 cm³/mol. The number of fused-ring (bicyclic) bond motifs is 1. The van der Waals surface area contributed by atoms with E-state index in [2.05, 4.69) is 4.74 Å². The molecule has 10 heteroatoms. The maximum Gasteiger partial charge on any atom is 0.573 e. The Kier molecular flexibility index (Phi) is 5.45. The fourth-order valence-corrected chi connectivity index (χ4v) is 3.67. The largest absolute Gasteiger partial charge is 0.573 e. The van der Waals surface area contributed by atoms with Crippen LogP contribution in [0.4, 0.5) is 18.0 Å². The first-order valence-electron chi connectivity index (χ1n) is 9.06. The van der Waals surface area contributed by atoms with Gasteiger partial charge in [0, 0.05) is 30.4 Å². The van der Waals surface area contributed by atoms with Crippen LogP contribution in [0.25, 0.3) is 11.1 Å². The number of ether oxygens (including phenoxy) is 1. The highest BCUT2D eigenvalue weighted by atomic mass is 19.4. The molecule has 3 amide bonds. The second-order valence-electron chi connectivity index (χ2n) is 6.76. The van der Waals surface area contributed by atoms with E-state index in [1.807, 2.05) is 6.92 Å². The fourth-order valence-electron chi connectivity index (χ4n) is 3.67. The molecule has 0 atom stereocenters. The van der Waals surface area contributed by atoms with Gasteiger partial charge in [-0.1, -0.05) is 25.5 Å². The lowest BCUT2D eigenvalue weighted by atomic mass is 9.94. The number of alkyl halides is 3. The maximum absolute atomic E-state index is 12.9. The molecule has 1 aromatic carbocycles. The third-order valence-corrected chi connectivity index (χ3v) is 4.85. The molecule has 7 nitrogen and oxygen atoms in total. The Balaban J connectivity index is 2.17. The number of nitrogens with two attached hydrogens (primary N) is 2. The van der Waals surface area contributed by atoms with Gasteiger partial charge in [-0.2, -0.15) is 0 Å². The standard InChI is InChI=1S/C19H21F3N4O3/c1-2-4-12-11(5-3-6-15(12)29-19(20,21)22)13-9-25-7-8-26(18(24)28)10-14(25)16(13)17(23)27/h3,5-6,9H,2,4,7-8,10H2,1H3,(H2,23,27)(H2,24,28). The van der Waals surface area contributed by atoms with Crippen molar-refractivity contribution < 1.29 is 27.5 Å². The molecule has 2 heterocycles. The lowest BCUT2D eigenvalue weighted by molar-refractivity contribution is -0.274. The van der Waals surface area contributed by atoms with Crippen LogP contribution in [-0.2, 0) is 19.5 Å². The number of hydrogen-bond donors (Lipinski definition) is 2. The fraction of sp³-hybridized carbons (Fsp3) is 0.368. The second kappa shape index (κ2) is 7.69. The van der Waals surface area contributed by atoms with Gasteiger partial charge in [-0.25, -0.2) is 4.79 Å². The van der Waals surface area contributed by atoms with Gasteiger partial charge in [0.05, 0.1) is 17.8 Å². The molecule has 4 N–H and O–H groups in total. The third-order valence-electron chi connectivity index (χ3n) is 4.85. The number of carbonyl (C=O) groups excluding carboxylic acids is 2. The number of rotatable bonds is 5. The van der Waals surface area contributed by atoms with E-state index in [9.17, 15) is 22.8 Å². The lowest BCUT2D eigenvalue weighted by Gasteiger charge is -2.27. The number of urea groups is 1. The Morgan fingerprint density at radius 3 is 2.48 bits per heavy atom. The molecule has 1 aromatic heterocycles. The first-order chi connectivity index (χ1) is 13.6. The van der Waals surface area contributed by atoms with Gasteiger partial charge >= 0.3 is 12.4 Å². The number of primary amides is 2. The molecule has 0 saturated carbocycles. The smallest absolute Gasteiger partial charge is 0.405 e. The van der Waals surface area contributed by atoms with Crippen LogP contribution in [0.5, 0.6) is 5.75 Å². The van der Waals surface area contributed by atoms with Crippen molar-refractivity contribution in [2.45, 2.75) is 39.2 Å². The van der Waals surface area contributed by atoms with Crippen LogP contribution < -0.4 is 16.2 Å². The molecule has 0 aliphatic carbocycles. The second-order valence-corrected chi connectivity index (χ2v) is 6.76. The molecular formula is C19H21F3N4O3. The summed E-state index contributed by atoms with van der Waals surface area (Å²) in [6, 6.07) is 3.69. The van der Waals surface area contributed by atoms with Gasteiger partial charge < -0.3 is 25.7 Å². The molecule has 0 radical (unpaired) electrons. The predicted octanol–water partition coefficient (Wildman–Crippen LogP) is 3.00. The molecule has 0 saturated heterocycles. The minimum Gasteiger partial charge on any atom is -0.405 e. The average molecular weight is 410 g/mol. The van der Waals surface area contributed by atoms with Crippen molar-refractivity contribution in [2.24, 2.45) is 11.5 Å². The molecule has 1 aliphatic heterocycles. The van der Waals surface area contributed by atoms with Crippen molar-refractivity contribution in [2.75, 3.05) is 6.54 Å². The zero-order chi connectivity index (χ0) is 21.3. The van der Waals surface area contributed by atoms with E-state index in [0.29, 0.717) is 48.3 Å². The van der Waals surface area contributed by atoms with Crippen molar-refractivity contribution >= 4 is 11.9 Å². The number of nitrogens with zero attached hydrogens (tertiary/aromatic N) is 2. The molecule has 3 rings (SSSR count). The maximum atomic E-state index is 12.9. The van der Waals surface area contributed by atoms with E-state index >= 15 is 0 Å². The molecule has 0 bridgehead atoms. The van der Waals surface area contributed by atoms with Crippen LogP contribution in [0.1, 0.15) is 35.0 Å². The molecule has 2 aromatic rings. The summed E-state index contributed by atoms with van der Waals surface area (Å²) < 4.78 is 44.6. The number of carbonyl (C=O) groups is 2. The van der Waals surface area contributed by atoms with Crippen molar-refractivity contribution in [1.82, 2.24) is 9.47 Å². The first kappa shape index (κ1) is 20.6. The SMILES string of the molecule is CCCc1c(OC(F)(F)F)cccc1-c1cn2c(c1C(N)=O)CN(C(N)=O)CC2. The zero-order valence-corrected chi connectivity index (χ0v) is 15.8. The van der Waals surface area contributed by atoms with Gasteiger partial charge in [0.1, 0.15) is 5.75 Å². The normalized spacial score (nSPS) is 13.9. The summed E-state index contributed by atoms with van der Waals surface area (Å²) in [5, 5.41) is 0. The minimum atomic E-state index is -4.84. The minimum absolute atomic E-state index is 0.0927. The monoisotopic (exact) mass is 410 g/mol. The van der Waals surface area contributed by atoms with Crippen LogP contribution in [0.3, 0.4) is 0 Å². The van der Waals surface area contributed by atoms with Gasteiger partial charge in [-0.15, -0.1) is 13.2 Å². The Morgan fingerprint density at radius 1 is 1.17 bits per heavy atom. The zero-order valence-electron chi connectivity index (χ0n) is 15.8. The van der Waals surface area contributed by atoms with E-state index in [1.54, 1.807) is 16.8 Å². The summed E-state index contributed by atoms with van der Waals surface area (Å²) in [6.07, 6.45) is -2.27. The number of halogens is 3. The topological polar surface area (TPSA) is 104 Å². The quantitative estimate of drug-likeness (QED) is 0.792. The van der Waals surface area contributed by atoms with E-state index in [0.717, 1.165) is 0 Å².